The fourth-order valence-corrected chi connectivity index (χ4v) is 4.13. The summed E-state index contributed by atoms with van der Waals surface area (Å²) in [6, 6.07) is 16.6. The molecule has 1 fully saturated rings. The molecule has 0 bridgehead atoms. The van der Waals surface area contributed by atoms with Crippen LogP contribution >= 0.6 is 35.3 Å². The monoisotopic (exact) mass is 360 g/mol. The summed E-state index contributed by atoms with van der Waals surface area (Å²) < 4.78 is 5.22. The highest BCUT2D eigenvalue weighted by Crippen LogP contribution is 2.32. The van der Waals surface area contributed by atoms with Crippen molar-refractivity contribution in [1.82, 2.24) is 0 Å². The summed E-state index contributed by atoms with van der Waals surface area (Å²) in [6.45, 7) is 4.39. The van der Waals surface area contributed by atoms with Gasteiger partial charge in [-0.05, 0) is 66.4 Å². The van der Waals surface area contributed by atoms with Crippen molar-refractivity contribution in [3.63, 3.8) is 0 Å². The molecule has 0 aliphatic carbocycles. The maximum absolute atomic E-state index is 11.3. The Hall–Kier alpha value is -1.14. The van der Waals surface area contributed by atoms with Crippen molar-refractivity contribution in [2.45, 2.75) is 25.7 Å². The molecule has 1 saturated heterocycles. The third kappa shape index (κ3) is 5.46. The number of ether oxygens (including phenoxy) is 1. The molecule has 0 spiro atoms. The molecular weight excluding hydrogens is 344 g/mol. The molecule has 3 rings (SSSR count). The van der Waals surface area contributed by atoms with E-state index in [-0.39, 0.29) is 5.12 Å². The Kier molecular flexibility index (Phi) is 5.89. The molecule has 1 aliphatic rings. The summed E-state index contributed by atoms with van der Waals surface area (Å²) in [4.78, 5) is 15.9. The van der Waals surface area contributed by atoms with Crippen LogP contribution < -0.4 is 0 Å². The Morgan fingerprint density at radius 1 is 1.04 bits per heavy atom. The minimum atomic E-state index is -0.0323. The van der Waals surface area contributed by atoms with Gasteiger partial charge in [0.15, 0.2) is 0 Å². The van der Waals surface area contributed by atoms with E-state index in [9.17, 15) is 4.79 Å². The van der Waals surface area contributed by atoms with E-state index in [0.717, 1.165) is 22.2 Å². The van der Waals surface area contributed by atoms with E-state index in [1.165, 1.54) is 27.6 Å². The van der Waals surface area contributed by atoms with E-state index in [1.807, 2.05) is 36.0 Å². The zero-order valence-electron chi connectivity index (χ0n) is 12.4. The van der Waals surface area contributed by atoms with E-state index in [4.69, 9.17) is 4.74 Å². The molecule has 1 aliphatic heterocycles. The quantitative estimate of drug-likeness (QED) is 0.388. The second-order valence-electron chi connectivity index (χ2n) is 4.94. The second-order valence-corrected chi connectivity index (χ2v) is 8.25. The van der Waals surface area contributed by atoms with Crippen molar-refractivity contribution in [2.75, 3.05) is 12.4 Å². The molecule has 0 saturated carbocycles. The number of benzene rings is 2. The van der Waals surface area contributed by atoms with Gasteiger partial charge in [-0.25, -0.2) is 0 Å². The van der Waals surface area contributed by atoms with Crippen molar-refractivity contribution >= 4 is 40.4 Å². The lowest BCUT2D eigenvalue weighted by Gasteiger charge is -2.05. The Bertz CT molecular complexity index is 676. The minimum absolute atomic E-state index is 0.0323. The van der Waals surface area contributed by atoms with Crippen LogP contribution in [-0.4, -0.2) is 23.6 Å². The smallest absolute Gasteiger partial charge is 0.216 e. The average Bonchev–Trinajstić information content (AvgIpc) is 3.40. The first-order valence-corrected chi connectivity index (χ1v) is 9.81. The molecule has 23 heavy (non-hydrogen) atoms. The van der Waals surface area contributed by atoms with Gasteiger partial charge in [-0.2, -0.15) is 0 Å². The van der Waals surface area contributed by atoms with Gasteiger partial charge in [-0.3, -0.25) is 4.79 Å². The fraction of sp³-hybridized carbons (Fsp3) is 0.167. The normalized spacial score (nSPS) is 16.1. The molecular formula is C18H16O2S3. The van der Waals surface area contributed by atoms with Crippen molar-refractivity contribution in [2.24, 2.45) is 0 Å². The highest BCUT2D eigenvalue weighted by Gasteiger charge is 2.22. The van der Waals surface area contributed by atoms with Gasteiger partial charge in [-0.1, -0.05) is 18.3 Å². The molecule has 0 N–H and O–H groups in total. The molecule has 5 heteroatoms. The first-order valence-electron chi connectivity index (χ1n) is 7.19. The minimum Gasteiger partial charge on any atom is -0.372 e. The van der Waals surface area contributed by atoms with Gasteiger partial charge < -0.3 is 4.74 Å². The number of carbonyl (C=O) groups is 1. The largest absolute Gasteiger partial charge is 0.372 e. The molecule has 0 radical (unpaired) electrons. The average molecular weight is 361 g/mol. The number of thioether (sulfide) groups is 2. The van der Waals surface area contributed by atoms with E-state index in [2.05, 4.69) is 30.8 Å². The molecule has 1 atom stereocenters. The highest BCUT2D eigenvalue weighted by molar-refractivity contribution is 8.14. The summed E-state index contributed by atoms with van der Waals surface area (Å²) in [6.07, 6.45) is 1.79. The van der Waals surface area contributed by atoms with Crippen LogP contribution in [0.4, 0.5) is 0 Å². The Balaban J connectivity index is 1.55. The lowest BCUT2D eigenvalue weighted by molar-refractivity contribution is -0.107. The third-order valence-corrected chi connectivity index (χ3v) is 6.14. The SMILES string of the molecule is C=CC(=O)Sc1ccc(Sc2ccc(SCC3CO3)cc2)cc1. The number of rotatable bonds is 7. The lowest BCUT2D eigenvalue weighted by atomic mass is 10.4. The molecule has 1 heterocycles. The van der Waals surface area contributed by atoms with E-state index >= 15 is 0 Å². The summed E-state index contributed by atoms with van der Waals surface area (Å²) in [5.74, 6) is 1.04. The topological polar surface area (TPSA) is 29.6 Å². The van der Waals surface area contributed by atoms with Crippen molar-refractivity contribution < 1.29 is 9.53 Å². The number of hydrogen-bond donors (Lipinski definition) is 0. The first-order chi connectivity index (χ1) is 11.2. The van der Waals surface area contributed by atoms with Gasteiger partial charge in [-0.15, -0.1) is 11.8 Å². The van der Waals surface area contributed by atoms with Gasteiger partial charge in [0.2, 0.25) is 5.12 Å². The summed E-state index contributed by atoms with van der Waals surface area (Å²) in [7, 11) is 0. The molecule has 0 amide bonds. The Labute approximate surface area is 149 Å². The Morgan fingerprint density at radius 2 is 1.57 bits per heavy atom. The molecule has 2 nitrogen and oxygen atoms in total. The van der Waals surface area contributed by atoms with Crippen molar-refractivity contribution in [3.8, 4) is 0 Å². The predicted octanol–water partition coefficient (Wildman–Crippen LogP) is 5.13. The highest BCUT2D eigenvalue weighted by atomic mass is 32.2. The lowest BCUT2D eigenvalue weighted by Crippen LogP contribution is -1.88. The third-order valence-electron chi connectivity index (χ3n) is 3.11. The fourth-order valence-electron chi connectivity index (χ4n) is 1.83. The van der Waals surface area contributed by atoms with E-state index in [1.54, 1.807) is 11.8 Å². The Morgan fingerprint density at radius 3 is 2.09 bits per heavy atom. The molecule has 2 aromatic rings. The van der Waals surface area contributed by atoms with Gasteiger partial charge in [0.1, 0.15) is 0 Å². The zero-order valence-corrected chi connectivity index (χ0v) is 14.9. The van der Waals surface area contributed by atoms with Crippen LogP contribution in [0.25, 0.3) is 0 Å². The van der Waals surface area contributed by atoms with Gasteiger partial charge >= 0.3 is 0 Å². The predicted molar refractivity (Wildman–Crippen MR) is 98.5 cm³/mol. The molecule has 2 aromatic carbocycles. The van der Waals surface area contributed by atoms with Crippen LogP contribution in [0.15, 0.2) is 80.8 Å². The maximum atomic E-state index is 11.3. The summed E-state index contributed by atoms with van der Waals surface area (Å²) in [5.41, 5.74) is 0. The van der Waals surface area contributed by atoms with Crippen molar-refractivity contribution in [1.29, 1.82) is 0 Å². The van der Waals surface area contributed by atoms with Crippen LogP contribution in [-0.2, 0) is 9.53 Å². The number of hydrogen-bond acceptors (Lipinski definition) is 5. The standard InChI is InChI=1S/C18H16O2S3/c1-2-18(19)23-17-9-7-16(8-10-17)22-15-5-3-14(4-6-15)21-12-13-11-20-13/h2-10,13H,1,11-12H2. The van der Waals surface area contributed by atoms with Gasteiger partial charge in [0.25, 0.3) is 0 Å². The van der Waals surface area contributed by atoms with Crippen LogP contribution in [0, 0.1) is 0 Å². The van der Waals surface area contributed by atoms with E-state index < -0.39 is 0 Å². The van der Waals surface area contributed by atoms with Crippen LogP contribution in [0.3, 0.4) is 0 Å². The van der Waals surface area contributed by atoms with Gasteiger partial charge in [0, 0.05) is 25.3 Å². The first kappa shape index (κ1) is 16.7. The number of carbonyl (C=O) groups excluding carboxylic acids is 1. The van der Waals surface area contributed by atoms with E-state index in [0.29, 0.717) is 6.10 Å². The number of epoxide rings is 1. The van der Waals surface area contributed by atoms with Crippen LogP contribution in [0.1, 0.15) is 0 Å². The maximum Gasteiger partial charge on any atom is 0.216 e. The zero-order chi connectivity index (χ0) is 16.1. The molecule has 0 aromatic heterocycles. The summed E-state index contributed by atoms with van der Waals surface area (Å²) in [5, 5.41) is -0.0323. The molecule has 1 unspecified atom stereocenters. The van der Waals surface area contributed by atoms with Crippen LogP contribution in [0.2, 0.25) is 0 Å². The summed E-state index contributed by atoms with van der Waals surface area (Å²) >= 11 is 4.75. The van der Waals surface area contributed by atoms with Crippen molar-refractivity contribution in [3.05, 3.63) is 61.2 Å². The second kappa shape index (κ2) is 8.11. The van der Waals surface area contributed by atoms with Crippen LogP contribution in [0.5, 0.6) is 0 Å². The van der Waals surface area contributed by atoms with Gasteiger partial charge in [0.05, 0.1) is 12.7 Å². The molecule has 118 valence electrons.